The Bertz CT molecular complexity index is 3940. The van der Waals surface area contributed by atoms with E-state index in [4.69, 9.17) is 17.2 Å². The number of aromatic nitrogens is 2. The van der Waals surface area contributed by atoms with Crippen molar-refractivity contribution in [3.05, 3.63) is 212 Å². The molecule has 6 nitrogen and oxygen atoms in total. The SMILES string of the molecule is [2H]c1c([2H])c([2H])c2c(c1[2H])c1ccc3[c-]c1n2-c1cc(C([2H])([2H])C(C)C)c(cn1)-c1ccc(cc1)Oc1ccc(cc1)-c1cccc(-c2ccccc2)c1N1[CH-]N(c2[c-]c(c(C([2H])([2H])C(C)C)cc2)O3)c2ccccc21.[Pt]. The standard InChI is InChI=1S/C62H49N4O2.Pt/c1-40(2)33-45-21-26-47-36-60(45)68-50-31-32-54-53-15-8-9-18-56(53)66(59(54)37-50)61-35-46(34-41(3)4)55(38-63-61)44-24-29-49(30-25-44)67-48-27-22-43(23-28-48)52-17-12-16-51(42-13-6-5-7-14-42)62(52)65-39-64(47)57-19-10-11-20-58(57)65;/h5-32,35,38-41H,33-34H2,1-4H3;/q-3;/i8D,9D,15D,18D,33D2,34D2;. The third kappa shape index (κ3) is 8.17. The summed E-state index contributed by atoms with van der Waals surface area (Å²) in [5, 5.41) is 0.660. The van der Waals surface area contributed by atoms with Crippen molar-refractivity contribution in [1.82, 2.24) is 9.55 Å². The summed E-state index contributed by atoms with van der Waals surface area (Å²) < 4.78 is 88.7. The van der Waals surface area contributed by atoms with Crippen molar-refractivity contribution >= 4 is 44.6 Å². The van der Waals surface area contributed by atoms with E-state index in [0.717, 1.165) is 39.3 Å². The predicted octanol–water partition coefficient (Wildman–Crippen LogP) is 16.5. The third-order valence-electron chi connectivity index (χ3n) is 12.2. The molecule has 5 aliphatic rings. The molecular formula is C62H49N4O2Pt-3. The fourth-order valence-corrected chi connectivity index (χ4v) is 9.27. The summed E-state index contributed by atoms with van der Waals surface area (Å²) in [4.78, 5) is 9.14. The van der Waals surface area contributed by atoms with Gasteiger partial charge in [-0.3, -0.25) is 0 Å². The quantitative estimate of drug-likeness (QED) is 0.161. The van der Waals surface area contributed by atoms with E-state index in [-0.39, 0.29) is 66.9 Å². The van der Waals surface area contributed by atoms with Crippen LogP contribution >= 0.6 is 0 Å². The fraction of sp³-hybridized carbons (Fsp3) is 0.129. The van der Waals surface area contributed by atoms with E-state index in [2.05, 4.69) is 53.4 Å². The Kier molecular flexibility index (Phi) is 9.44. The van der Waals surface area contributed by atoms with Crippen LogP contribution in [-0.2, 0) is 33.8 Å². The van der Waals surface area contributed by atoms with Gasteiger partial charge in [0.05, 0.1) is 5.48 Å². The summed E-state index contributed by atoms with van der Waals surface area (Å²) in [6.45, 7) is 9.26. The number of pyridine rings is 1. The predicted molar refractivity (Wildman–Crippen MR) is 278 cm³/mol. The topological polar surface area (TPSA) is 42.8 Å². The molecule has 5 aliphatic heterocycles. The van der Waals surface area contributed by atoms with Crippen molar-refractivity contribution in [2.75, 3.05) is 9.80 Å². The third-order valence-corrected chi connectivity index (χ3v) is 12.2. The number of fused-ring (bicyclic) bond motifs is 6. The van der Waals surface area contributed by atoms with Crippen LogP contribution in [0.4, 0.5) is 22.7 Å². The van der Waals surface area contributed by atoms with Crippen molar-refractivity contribution < 1.29 is 41.5 Å². The fourth-order valence-electron chi connectivity index (χ4n) is 9.27. The van der Waals surface area contributed by atoms with Crippen LogP contribution in [0.15, 0.2) is 182 Å². The molecular weight excluding hydrogens is 1030 g/mol. The summed E-state index contributed by atoms with van der Waals surface area (Å²) >= 11 is 0. The van der Waals surface area contributed by atoms with Crippen molar-refractivity contribution in [2.45, 2.75) is 40.4 Å². The van der Waals surface area contributed by atoms with Crippen LogP contribution < -0.4 is 19.3 Å². The number of hydrogen-bond donors (Lipinski definition) is 0. The van der Waals surface area contributed by atoms with Gasteiger partial charge in [-0.2, -0.15) is 12.1 Å². The molecule has 15 rings (SSSR count). The van der Waals surface area contributed by atoms with E-state index >= 15 is 0 Å². The van der Waals surface area contributed by atoms with Crippen molar-refractivity contribution in [1.29, 1.82) is 0 Å². The number of rotatable bonds is 5. The minimum absolute atomic E-state index is 0. The molecule has 342 valence electrons. The van der Waals surface area contributed by atoms with Gasteiger partial charge in [-0.05, 0) is 88.4 Å². The molecule has 7 heteroatoms. The van der Waals surface area contributed by atoms with Gasteiger partial charge in [0.2, 0.25) is 0 Å². The maximum atomic E-state index is 9.52. The number of anilines is 4. The van der Waals surface area contributed by atoms with Gasteiger partial charge in [0.15, 0.2) is 0 Å². The smallest absolute Gasteiger partial charge is 0.135 e. The van der Waals surface area contributed by atoms with Gasteiger partial charge in [-0.15, -0.1) is 47.6 Å². The zero-order valence-electron chi connectivity index (χ0n) is 46.2. The summed E-state index contributed by atoms with van der Waals surface area (Å²) in [5.74, 6) is 0.687. The second kappa shape index (κ2) is 18.3. The molecule has 0 amide bonds. The number of ether oxygens (including phenoxy) is 2. The Morgan fingerprint density at radius 3 is 1.96 bits per heavy atom. The summed E-state index contributed by atoms with van der Waals surface area (Å²) in [6, 6.07) is 54.1. The Balaban J connectivity index is 0.00000631. The monoisotopic (exact) mass is 1080 g/mol. The van der Waals surface area contributed by atoms with Crippen LogP contribution in [0.5, 0.6) is 23.0 Å². The molecule has 12 bridgehead atoms. The van der Waals surface area contributed by atoms with Gasteiger partial charge in [0.1, 0.15) is 17.3 Å². The average molecular weight is 1090 g/mol. The van der Waals surface area contributed by atoms with E-state index < -0.39 is 36.7 Å². The first kappa shape index (κ1) is 35.7. The Hall–Kier alpha value is -7.40. The summed E-state index contributed by atoms with van der Waals surface area (Å²) in [5.41, 5.74) is 9.42. The number of benzene rings is 8. The molecule has 10 aromatic rings. The molecule has 69 heavy (non-hydrogen) atoms. The second-order valence-electron chi connectivity index (χ2n) is 17.6. The van der Waals surface area contributed by atoms with E-state index in [1.165, 1.54) is 0 Å². The van der Waals surface area contributed by atoms with Crippen LogP contribution in [0.2, 0.25) is 0 Å². The van der Waals surface area contributed by atoms with Gasteiger partial charge >= 0.3 is 0 Å². The number of nitrogens with zero attached hydrogens (tertiary/aromatic N) is 4. The molecule has 0 N–H and O–H groups in total. The molecule has 0 fully saturated rings. The van der Waals surface area contributed by atoms with Gasteiger partial charge in [0.25, 0.3) is 0 Å². The van der Waals surface area contributed by atoms with Gasteiger partial charge in [0, 0.05) is 83.5 Å². The average Bonchev–Trinajstić information content (AvgIpc) is 4.12. The maximum Gasteiger partial charge on any atom is 0.135 e. The van der Waals surface area contributed by atoms with E-state index in [0.29, 0.717) is 44.8 Å². The van der Waals surface area contributed by atoms with Gasteiger partial charge in [-0.25, -0.2) is 4.98 Å². The Morgan fingerprint density at radius 2 is 1.25 bits per heavy atom. The molecule has 2 aromatic heterocycles. The first-order valence-corrected chi connectivity index (χ1v) is 22.8. The molecule has 0 spiro atoms. The molecule has 7 heterocycles. The Labute approximate surface area is 429 Å². The summed E-state index contributed by atoms with van der Waals surface area (Å²) in [7, 11) is 0. The van der Waals surface area contributed by atoms with E-state index in [9.17, 15) is 8.22 Å². The molecule has 0 saturated carbocycles. The molecule has 0 saturated heterocycles. The second-order valence-corrected chi connectivity index (χ2v) is 17.6. The van der Waals surface area contributed by atoms with Gasteiger partial charge in [-0.1, -0.05) is 149 Å². The zero-order valence-corrected chi connectivity index (χ0v) is 40.4. The molecule has 0 atom stereocenters. The Morgan fingerprint density at radius 1 is 0.609 bits per heavy atom. The molecule has 8 aromatic carbocycles. The molecule has 0 unspecified atom stereocenters. The van der Waals surface area contributed by atoms with Crippen LogP contribution in [0.3, 0.4) is 0 Å². The normalized spacial score (nSPS) is 14.8. The summed E-state index contributed by atoms with van der Waals surface area (Å²) in [6.07, 6.45) is -2.19. The number of para-hydroxylation sites is 4. The zero-order chi connectivity index (χ0) is 52.9. The van der Waals surface area contributed by atoms with Crippen LogP contribution in [0.1, 0.15) is 49.8 Å². The largest absolute Gasteiger partial charge is 0.509 e. The van der Waals surface area contributed by atoms with Gasteiger partial charge < -0.3 is 23.8 Å². The van der Waals surface area contributed by atoms with Crippen molar-refractivity contribution in [3.8, 4) is 62.2 Å². The minimum Gasteiger partial charge on any atom is -0.509 e. The number of hydrogen-bond acceptors (Lipinski definition) is 5. The minimum atomic E-state index is -1.90. The van der Waals surface area contributed by atoms with E-state index in [1.54, 1.807) is 35.0 Å². The first-order chi connectivity index (χ1) is 36.5. The van der Waals surface area contributed by atoms with E-state index in [1.807, 2.05) is 130 Å². The van der Waals surface area contributed by atoms with Crippen molar-refractivity contribution in [3.63, 3.8) is 0 Å². The molecule has 0 aliphatic carbocycles. The van der Waals surface area contributed by atoms with Crippen LogP contribution in [0, 0.1) is 30.6 Å². The first-order valence-electron chi connectivity index (χ1n) is 26.8. The van der Waals surface area contributed by atoms with Crippen molar-refractivity contribution in [2.24, 2.45) is 11.8 Å². The maximum absolute atomic E-state index is 9.52. The van der Waals surface area contributed by atoms with Crippen LogP contribution in [0.25, 0.3) is 61.0 Å². The molecule has 0 radical (unpaired) electrons. The van der Waals surface area contributed by atoms with Crippen LogP contribution in [-0.4, -0.2) is 9.55 Å².